The van der Waals surface area contributed by atoms with Crippen molar-refractivity contribution in [3.05, 3.63) is 10.4 Å². The first-order valence-electron chi connectivity index (χ1n) is 5.71. The van der Waals surface area contributed by atoms with Crippen LogP contribution in [0.4, 0.5) is 0 Å². The van der Waals surface area contributed by atoms with Crippen LogP contribution in [-0.4, -0.2) is 31.2 Å². The number of esters is 1. The van der Waals surface area contributed by atoms with E-state index in [1.165, 1.54) is 12.8 Å². The molecule has 1 saturated carbocycles. The molecule has 1 fully saturated rings. The summed E-state index contributed by atoms with van der Waals surface area (Å²) < 4.78 is 4.93. The van der Waals surface area contributed by atoms with Crippen molar-refractivity contribution in [2.75, 3.05) is 13.2 Å². The average molecular weight is 226 g/mol. The molecule has 0 aromatic rings. The second kappa shape index (κ2) is 7.09. The maximum Gasteiger partial charge on any atom is 0.323 e. The summed E-state index contributed by atoms with van der Waals surface area (Å²) in [5, 5.41) is 6.63. The van der Waals surface area contributed by atoms with E-state index in [1.54, 1.807) is 6.92 Å². The van der Waals surface area contributed by atoms with Crippen LogP contribution in [0.25, 0.3) is 10.4 Å². The van der Waals surface area contributed by atoms with E-state index in [4.69, 9.17) is 10.3 Å². The fourth-order valence-corrected chi connectivity index (χ4v) is 1.93. The normalized spacial score (nSPS) is 17.8. The van der Waals surface area contributed by atoms with Crippen molar-refractivity contribution in [2.45, 2.75) is 44.7 Å². The zero-order valence-electron chi connectivity index (χ0n) is 9.56. The quantitative estimate of drug-likeness (QED) is 0.324. The minimum absolute atomic E-state index is 0.117. The summed E-state index contributed by atoms with van der Waals surface area (Å²) in [5.41, 5.74) is 8.27. The van der Waals surface area contributed by atoms with Crippen molar-refractivity contribution in [2.24, 2.45) is 5.11 Å². The fraction of sp³-hybridized carbons (Fsp3) is 0.900. The van der Waals surface area contributed by atoms with E-state index >= 15 is 0 Å². The van der Waals surface area contributed by atoms with Crippen LogP contribution in [-0.2, 0) is 9.53 Å². The Balaban J connectivity index is 2.47. The van der Waals surface area contributed by atoms with Gasteiger partial charge in [-0.05, 0) is 25.3 Å². The van der Waals surface area contributed by atoms with Gasteiger partial charge in [0.1, 0.15) is 6.04 Å². The molecule has 90 valence electrons. The lowest BCUT2D eigenvalue weighted by Gasteiger charge is -2.19. The standard InChI is InChI=1S/C10H18N4O2/c1-2-16-10(15)9(7-12-14-11)13-8-5-3-4-6-8/h8-9,13H,2-7H2,1H3. The summed E-state index contributed by atoms with van der Waals surface area (Å²) in [6.45, 7) is 2.22. The van der Waals surface area contributed by atoms with E-state index in [2.05, 4.69) is 15.3 Å². The molecule has 0 aliphatic heterocycles. The maximum atomic E-state index is 11.6. The second-order valence-corrected chi connectivity index (χ2v) is 3.87. The van der Waals surface area contributed by atoms with Gasteiger partial charge in [-0.3, -0.25) is 4.79 Å². The number of nitrogens with one attached hydrogen (secondary N) is 1. The minimum atomic E-state index is -0.501. The van der Waals surface area contributed by atoms with Gasteiger partial charge in [-0.15, -0.1) is 0 Å². The van der Waals surface area contributed by atoms with Crippen molar-refractivity contribution in [1.82, 2.24) is 5.32 Å². The fourth-order valence-electron chi connectivity index (χ4n) is 1.93. The molecule has 16 heavy (non-hydrogen) atoms. The first kappa shape index (κ1) is 12.8. The van der Waals surface area contributed by atoms with Gasteiger partial charge in [-0.25, -0.2) is 0 Å². The number of carbonyl (C=O) groups is 1. The van der Waals surface area contributed by atoms with Crippen LogP contribution >= 0.6 is 0 Å². The largest absolute Gasteiger partial charge is 0.465 e. The first-order valence-corrected chi connectivity index (χ1v) is 5.71. The Hall–Kier alpha value is -1.26. The van der Waals surface area contributed by atoms with Crippen LogP contribution < -0.4 is 5.32 Å². The summed E-state index contributed by atoms with van der Waals surface area (Å²) in [6.07, 6.45) is 4.53. The molecule has 1 unspecified atom stereocenters. The van der Waals surface area contributed by atoms with E-state index in [0.717, 1.165) is 12.8 Å². The zero-order chi connectivity index (χ0) is 11.8. The highest BCUT2D eigenvalue weighted by Gasteiger charge is 2.24. The van der Waals surface area contributed by atoms with Gasteiger partial charge < -0.3 is 10.1 Å². The lowest BCUT2D eigenvalue weighted by atomic mass is 10.2. The third-order valence-corrected chi connectivity index (χ3v) is 2.69. The lowest BCUT2D eigenvalue weighted by molar-refractivity contribution is -0.145. The first-order chi connectivity index (χ1) is 7.77. The molecular weight excluding hydrogens is 208 g/mol. The minimum Gasteiger partial charge on any atom is -0.465 e. The van der Waals surface area contributed by atoms with Crippen LogP contribution in [0.5, 0.6) is 0 Å². The molecule has 0 amide bonds. The Bertz CT molecular complexity index is 270. The molecule has 0 spiro atoms. The Morgan fingerprint density at radius 3 is 2.88 bits per heavy atom. The topological polar surface area (TPSA) is 87.1 Å². The number of ether oxygens (including phenoxy) is 1. The molecule has 1 aliphatic rings. The third-order valence-electron chi connectivity index (χ3n) is 2.69. The molecule has 0 aromatic heterocycles. The summed E-state index contributed by atoms with van der Waals surface area (Å²) >= 11 is 0. The Labute approximate surface area is 95.0 Å². The zero-order valence-corrected chi connectivity index (χ0v) is 9.56. The highest BCUT2D eigenvalue weighted by molar-refractivity contribution is 5.76. The van der Waals surface area contributed by atoms with E-state index < -0.39 is 6.04 Å². The highest BCUT2D eigenvalue weighted by atomic mass is 16.5. The van der Waals surface area contributed by atoms with E-state index in [-0.39, 0.29) is 12.5 Å². The maximum absolute atomic E-state index is 11.6. The van der Waals surface area contributed by atoms with E-state index in [0.29, 0.717) is 12.6 Å². The van der Waals surface area contributed by atoms with E-state index in [9.17, 15) is 4.79 Å². The van der Waals surface area contributed by atoms with Crippen LogP contribution in [0, 0.1) is 0 Å². The summed E-state index contributed by atoms with van der Waals surface area (Å²) in [5.74, 6) is -0.332. The van der Waals surface area contributed by atoms with E-state index in [1.807, 2.05) is 0 Å². The molecule has 1 atom stereocenters. The summed E-state index contributed by atoms with van der Waals surface area (Å²) in [7, 11) is 0. The van der Waals surface area contributed by atoms with Gasteiger partial charge in [-0.2, -0.15) is 0 Å². The summed E-state index contributed by atoms with van der Waals surface area (Å²) in [4.78, 5) is 14.2. The van der Waals surface area contributed by atoms with Gasteiger partial charge in [0.05, 0.1) is 13.2 Å². The molecule has 0 radical (unpaired) electrons. The van der Waals surface area contributed by atoms with Gasteiger partial charge in [0.25, 0.3) is 0 Å². The van der Waals surface area contributed by atoms with Gasteiger partial charge in [0, 0.05) is 11.0 Å². The van der Waals surface area contributed by atoms with Gasteiger partial charge in [-0.1, -0.05) is 18.0 Å². The van der Waals surface area contributed by atoms with Crippen molar-refractivity contribution in [3.8, 4) is 0 Å². The number of carbonyl (C=O) groups excluding carboxylic acids is 1. The monoisotopic (exact) mass is 226 g/mol. The molecule has 1 rings (SSSR count). The molecule has 0 aromatic carbocycles. The Morgan fingerprint density at radius 1 is 1.62 bits per heavy atom. The van der Waals surface area contributed by atoms with Crippen LogP contribution in [0.15, 0.2) is 5.11 Å². The number of azide groups is 1. The molecule has 6 heteroatoms. The number of nitrogens with zero attached hydrogens (tertiary/aromatic N) is 3. The predicted octanol–water partition coefficient (Wildman–Crippen LogP) is 1.76. The summed E-state index contributed by atoms with van der Waals surface area (Å²) in [6, 6.07) is -0.151. The van der Waals surface area contributed by atoms with Gasteiger partial charge in [0.15, 0.2) is 0 Å². The smallest absolute Gasteiger partial charge is 0.323 e. The van der Waals surface area contributed by atoms with Crippen molar-refractivity contribution < 1.29 is 9.53 Å². The Morgan fingerprint density at radius 2 is 2.31 bits per heavy atom. The van der Waals surface area contributed by atoms with Crippen LogP contribution in [0.2, 0.25) is 0 Å². The van der Waals surface area contributed by atoms with Crippen LogP contribution in [0.3, 0.4) is 0 Å². The number of hydrogen-bond acceptors (Lipinski definition) is 4. The molecule has 1 aliphatic carbocycles. The number of rotatable bonds is 6. The predicted molar refractivity (Wildman–Crippen MR) is 59.8 cm³/mol. The van der Waals surface area contributed by atoms with Crippen molar-refractivity contribution in [1.29, 1.82) is 0 Å². The van der Waals surface area contributed by atoms with Crippen LogP contribution in [0.1, 0.15) is 32.6 Å². The SMILES string of the molecule is CCOC(=O)C(CN=[N+]=[N-])NC1CCCC1. The molecule has 1 N–H and O–H groups in total. The Kier molecular flexibility index (Phi) is 5.67. The molecular formula is C10H18N4O2. The molecule has 0 bridgehead atoms. The van der Waals surface area contributed by atoms with Gasteiger partial charge >= 0.3 is 5.97 Å². The molecule has 6 nitrogen and oxygen atoms in total. The molecule has 0 heterocycles. The highest BCUT2D eigenvalue weighted by Crippen LogP contribution is 2.18. The number of hydrogen-bond donors (Lipinski definition) is 1. The third kappa shape index (κ3) is 4.08. The second-order valence-electron chi connectivity index (χ2n) is 3.87. The van der Waals surface area contributed by atoms with Crippen molar-refractivity contribution in [3.63, 3.8) is 0 Å². The molecule has 0 saturated heterocycles. The van der Waals surface area contributed by atoms with Crippen molar-refractivity contribution >= 4 is 5.97 Å². The van der Waals surface area contributed by atoms with Gasteiger partial charge in [0.2, 0.25) is 0 Å². The average Bonchev–Trinajstić information content (AvgIpc) is 2.77. The lowest BCUT2D eigenvalue weighted by Crippen LogP contribution is -2.45.